The minimum Gasteiger partial charge on any atom is -0.310 e. The van der Waals surface area contributed by atoms with Crippen LogP contribution in [-0.2, 0) is 30.6 Å². The van der Waals surface area contributed by atoms with Crippen LogP contribution in [0.15, 0.2) is 41.5 Å². The average molecular weight is 348 g/mol. The Labute approximate surface area is 150 Å². The third kappa shape index (κ3) is 2.29. The highest BCUT2D eigenvalue weighted by molar-refractivity contribution is 5.95. The fraction of sp³-hybridized carbons (Fsp3) is 0.350. The molecule has 26 heavy (non-hydrogen) atoms. The number of aryl methyl sites for hydroxylation is 2. The second-order valence-corrected chi connectivity index (χ2v) is 7.08. The van der Waals surface area contributed by atoms with Crippen molar-refractivity contribution in [3.63, 3.8) is 0 Å². The molecule has 0 fully saturated rings. The number of amides is 1. The van der Waals surface area contributed by atoms with E-state index in [4.69, 9.17) is 0 Å². The van der Waals surface area contributed by atoms with Crippen molar-refractivity contribution in [3.8, 4) is 0 Å². The average Bonchev–Trinajstić information content (AvgIpc) is 3.25. The molecule has 0 saturated heterocycles. The third-order valence-electron chi connectivity index (χ3n) is 5.53. The van der Waals surface area contributed by atoms with Crippen LogP contribution < -0.4 is 10.5 Å². The van der Waals surface area contributed by atoms with E-state index in [1.54, 1.807) is 21.8 Å². The normalized spacial score (nSPS) is 15.9. The molecular weight excluding hydrogens is 328 g/mol. The van der Waals surface area contributed by atoms with Crippen LogP contribution in [0.3, 0.4) is 0 Å². The van der Waals surface area contributed by atoms with Crippen LogP contribution in [0, 0.1) is 0 Å². The summed E-state index contributed by atoms with van der Waals surface area (Å²) in [6.07, 6.45) is 8.37. The molecule has 2 aromatic heterocycles. The standard InChI is InChI=1S/C20H20N4O2/c25-18(23-10-9-14-5-1-4-8-17(14)23)13-22-11-12-24-19(20(22)26)15-6-2-3-7-16(15)21-24/h1,4-5,8,11-12H,2-3,6-7,9-10,13H2. The zero-order valence-electron chi connectivity index (χ0n) is 14.5. The van der Waals surface area contributed by atoms with Crippen molar-refractivity contribution in [2.75, 3.05) is 11.4 Å². The number of para-hydroxylation sites is 1. The van der Waals surface area contributed by atoms with Crippen molar-refractivity contribution in [1.82, 2.24) is 14.2 Å². The van der Waals surface area contributed by atoms with Gasteiger partial charge in [-0.3, -0.25) is 9.59 Å². The van der Waals surface area contributed by atoms with Crippen LogP contribution in [-0.4, -0.2) is 26.6 Å². The van der Waals surface area contributed by atoms with Crippen molar-refractivity contribution in [1.29, 1.82) is 0 Å². The minimum absolute atomic E-state index is 0.0465. The van der Waals surface area contributed by atoms with E-state index in [1.807, 2.05) is 18.2 Å². The Morgan fingerprint density at radius 2 is 1.92 bits per heavy atom. The van der Waals surface area contributed by atoms with E-state index in [-0.39, 0.29) is 18.0 Å². The Bertz CT molecular complexity index is 1080. The Hall–Kier alpha value is -2.89. The lowest BCUT2D eigenvalue weighted by molar-refractivity contribution is -0.119. The number of fused-ring (bicyclic) bond motifs is 4. The molecule has 0 saturated carbocycles. The molecule has 3 aromatic rings. The molecule has 0 unspecified atom stereocenters. The highest BCUT2D eigenvalue weighted by atomic mass is 16.2. The van der Waals surface area contributed by atoms with Gasteiger partial charge in [-0.05, 0) is 43.7 Å². The first kappa shape index (κ1) is 15.4. The van der Waals surface area contributed by atoms with Crippen molar-refractivity contribution in [2.45, 2.75) is 38.6 Å². The van der Waals surface area contributed by atoms with Gasteiger partial charge in [0, 0.05) is 30.2 Å². The van der Waals surface area contributed by atoms with E-state index in [0.717, 1.165) is 49.0 Å². The molecule has 0 radical (unpaired) electrons. The summed E-state index contributed by atoms with van der Waals surface area (Å²) in [6.45, 7) is 0.737. The quantitative estimate of drug-likeness (QED) is 0.711. The number of carbonyl (C=O) groups is 1. The predicted octanol–water partition coefficient (Wildman–Crippen LogP) is 1.96. The molecule has 6 heteroatoms. The smallest absolute Gasteiger partial charge is 0.277 e. The second-order valence-electron chi connectivity index (χ2n) is 7.08. The number of hydrogen-bond acceptors (Lipinski definition) is 3. The number of hydrogen-bond donors (Lipinski definition) is 0. The molecule has 1 aliphatic carbocycles. The van der Waals surface area contributed by atoms with Gasteiger partial charge in [0.15, 0.2) is 0 Å². The van der Waals surface area contributed by atoms with Gasteiger partial charge in [-0.15, -0.1) is 0 Å². The molecular formula is C20H20N4O2. The lowest BCUT2D eigenvalue weighted by Crippen LogP contribution is -2.35. The zero-order chi connectivity index (χ0) is 17.7. The van der Waals surface area contributed by atoms with E-state index in [1.165, 1.54) is 10.1 Å². The number of nitrogens with zero attached hydrogens (tertiary/aromatic N) is 4. The van der Waals surface area contributed by atoms with Crippen LogP contribution >= 0.6 is 0 Å². The van der Waals surface area contributed by atoms with Crippen molar-refractivity contribution in [2.24, 2.45) is 0 Å². The maximum absolute atomic E-state index is 13.0. The lowest BCUT2D eigenvalue weighted by atomic mass is 9.97. The molecule has 1 aromatic carbocycles. The van der Waals surface area contributed by atoms with E-state index in [9.17, 15) is 9.59 Å². The van der Waals surface area contributed by atoms with Crippen LogP contribution in [0.4, 0.5) is 5.69 Å². The van der Waals surface area contributed by atoms with Gasteiger partial charge in [0.1, 0.15) is 12.1 Å². The molecule has 0 spiro atoms. The number of aromatic nitrogens is 3. The Kier molecular flexibility index (Phi) is 3.45. The first-order chi connectivity index (χ1) is 12.7. The highest BCUT2D eigenvalue weighted by Gasteiger charge is 2.25. The Morgan fingerprint density at radius 3 is 2.85 bits per heavy atom. The van der Waals surface area contributed by atoms with Crippen LogP contribution in [0.2, 0.25) is 0 Å². The maximum atomic E-state index is 13.0. The van der Waals surface area contributed by atoms with Gasteiger partial charge in [0.25, 0.3) is 5.56 Å². The molecule has 132 valence electrons. The first-order valence-corrected chi connectivity index (χ1v) is 9.20. The zero-order valence-corrected chi connectivity index (χ0v) is 14.5. The van der Waals surface area contributed by atoms with Gasteiger partial charge in [0.05, 0.1) is 5.69 Å². The van der Waals surface area contributed by atoms with Crippen molar-refractivity contribution in [3.05, 3.63) is 63.8 Å². The molecule has 0 N–H and O–H groups in total. The summed E-state index contributed by atoms with van der Waals surface area (Å²) in [5.41, 5.74) is 4.77. The summed E-state index contributed by atoms with van der Waals surface area (Å²) < 4.78 is 3.21. The molecule has 2 aliphatic rings. The largest absolute Gasteiger partial charge is 0.310 e. The molecule has 1 amide bonds. The monoisotopic (exact) mass is 348 g/mol. The molecule has 0 atom stereocenters. The predicted molar refractivity (Wildman–Crippen MR) is 98.6 cm³/mol. The summed E-state index contributed by atoms with van der Waals surface area (Å²) in [5.74, 6) is -0.0465. The van der Waals surface area contributed by atoms with Gasteiger partial charge in [-0.2, -0.15) is 5.10 Å². The summed E-state index contributed by atoms with van der Waals surface area (Å²) in [4.78, 5) is 27.6. The minimum atomic E-state index is -0.121. The van der Waals surface area contributed by atoms with Crippen LogP contribution in [0.25, 0.3) is 5.52 Å². The fourth-order valence-electron chi connectivity index (χ4n) is 4.21. The van der Waals surface area contributed by atoms with Gasteiger partial charge >= 0.3 is 0 Å². The fourth-order valence-corrected chi connectivity index (χ4v) is 4.21. The first-order valence-electron chi connectivity index (χ1n) is 9.20. The van der Waals surface area contributed by atoms with Crippen LogP contribution in [0.1, 0.15) is 29.7 Å². The van der Waals surface area contributed by atoms with Gasteiger partial charge < -0.3 is 9.47 Å². The topological polar surface area (TPSA) is 59.6 Å². The Morgan fingerprint density at radius 1 is 1.08 bits per heavy atom. The van der Waals surface area contributed by atoms with E-state index >= 15 is 0 Å². The molecule has 6 nitrogen and oxygen atoms in total. The Balaban J connectivity index is 1.49. The maximum Gasteiger partial charge on any atom is 0.277 e. The summed E-state index contributed by atoms with van der Waals surface area (Å²) in [6, 6.07) is 7.97. The second kappa shape index (κ2) is 5.83. The molecule has 3 heterocycles. The van der Waals surface area contributed by atoms with Crippen LogP contribution in [0.5, 0.6) is 0 Å². The summed E-state index contributed by atoms with van der Waals surface area (Å²) in [7, 11) is 0. The summed E-state index contributed by atoms with van der Waals surface area (Å²) >= 11 is 0. The van der Waals surface area contributed by atoms with Crippen molar-refractivity contribution >= 4 is 17.1 Å². The summed E-state index contributed by atoms with van der Waals surface area (Å²) in [5, 5.41) is 4.55. The highest BCUT2D eigenvalue weighted by Crippen LogP contribution is 2.27. The SMILES string of the molecule is O=C(Cn1ccn2nc3c(c2c1=O)CCCC3)N1CCc2ccccc21. The van der Waals surface area contributed by atoms with Gasteiger partial charge in [0.2, 0.25) is 5.91 Å². The van der Waals surface area contributed by atoms with E-state index in [0.29, 0.717) is 12.1 Å². The number of rotatable bonds is 2. The van der Waals surface area contributed by atoms with Gasteiger partial charge in [-0.25, -0.2) is 4.52 Å². The number of benzene rings is 1. The molecule has 0 bridgehead atoms. The number of carbonyl (C=O) groups excluding carboxylic acids is 1. The van der Waals surface area contributed by atoms with Gasteiger partial charge in [-0.1, -0.05) is 18.2 Å². The lowest BCUT2D eigenvalue weighted by Gasteiger charge is -2.18. The number of anilines is 1. The third-order valence-corrected chi connectivity index (χ3v) is 5.53. The van der Waals surface area contributed by atoms with E-state index in [2.05, 4.69) is 11.2 Å². The van der Waals surface area contributed by atoms with Crippen molar-refractivity contribution < 1.29 is 4.79 Å². The molecule has 5 rings (SSSR count). The molecule has 1 aliphatic heterocycles. The van der Waals surface area contributed by atoms with E-state index < -0.39 is 0 Å².